The van der Waals surface area contributed by atoms with Gasteiger partial charge in [-0.25, -0.2) is 0 Å². The number of benzene rings is 1. The van der Waals surface area contributed by atoms with Crippen LogP contribution in [0.5, 0.6) is 0 Å². The third-order valence-corrected chi connectivity index (χ3v) is 3.66. The van der Waals surface area contributed by atoms with Gasteiger partial charge in [-0.15, -0.1) is 0 Å². The summed E-state index contributed by atoms with van der Waals surface area (Å²) in [4.78, 5) is 2.50. The first-order valence-electron chi connectivity index (χ1n) is 6.89. The lowest BCUT2D eigenvalue weighted by atomic mass is 10.1. The first-order valence-corrected chi connectivity index (χ1v) is 7.27. The quantitative estimate of drug-likeness (QED) is 0.733. The summed E-state index contributed by atoms with van der Waals surface area (Å²) in [6, 6.07) is 8.00. The molecule has 0 atom stereocenters. The smallest absolute Gasteiger partial charge is 0.0593 e. The second kappa shape index (κ2) is 7.78. The lowest BCUT2D eigenvalue weighted by Crippen LogP contribution is -2.32. The molecule has 2 rings (SSSR count). The van der Waals surface area contributed by atoms with E-state index in [0.29, 0.717) is 0 Å². The molecule has 1 aliphatic rings. The van der Waals surface area contributed by atoms with Gasteiger partial charge >= 0.3 is 0 Å². The molecule has 1 aromatic carbocycles. The Balaban J connectivity index is 1.55. The van der Waals surface area contributed by atoms with Crippen molar-refractivity contribution in [2.45, 2.75) is 25.7 Å². The Morgan fingerprint density at radius 2 is 1.94 bits per heavy atom. The van der Waals surface area contributed by atoms with Crippen LogP contribution in [-0.4, -0.2) is 37.7 Å². The van der Waals surface area contributed by atoms with Gasteiger partial charge in [0.15, 0.2) is 0 Å². The van der Waals surface area contributed by atoms with Crippen LogP contribution in [0, 0.1) is 0 Å². The molecular weight excluding hydrogens is 246 g/mol. The van der Waals surface area contributed by atoms with E-state index >= 15 is 0 Å². The van der Waals surface area contributed by atoms with Gasteiger partial charge in [-0.2, -0.15) is 0 Å². The van der Waals surface area contributed by atoms with E-state index in [4.69, 9.17) is 16.3 Å². The van der Waals surface area contributed by atoms with Gasteiger partial charge in [0.1, 0.15) is 0 Å². The summed E-state index contributed by atoms with van der Waals surface area (Å²) in [5, 5.41) is 0.806. The van der Waals surface area contributed by atoms with Crippen LogP contribution >= 0.6 is 11.6 Å². The monoisotopic (exact) mass is 267 g/mol. The van der Waals surface area contributed by atoms with E-state index in [-0.39, 0.29) is 0 Å². The zero-order valence-electron chi connectivity index (χ0n) is 10.9. The molecule has 0 aromatic heterocycles. The van der Waals surface area contributed by atoms with Crippen molar-refractivity contribution in [3.63, 3.8) is 0 Å². The van der Waals surface area contributed by atoms with Gasteiger partial charge in [0.25, 0.3) is 0 Å². The average molecular weight is 268 g/mol. The Morgan fingerprint density at radius 3 is 2.72 bits per heavy atom. The Morgan fingerprint density at radius 1 is 1.11 bits per heavy atom. The molecule has 1 aliphatic heterocycles. The molecule has 0 unspecified atom stereocenters. The van der Waals surface area contributed by atoms with Crippen molar-refractivity contribution in [3.05, 3.63) is 34.9 Å². The lowest BCUT2D eigenvalue weighted by Gasteiger charge is -2.26. The lowest BCUT2D eigenvalue weighted by molar-refractivity contribution is 0.0984. The highest BCUT2D eigenvalue weighted by Gasteiger charge is 2.08. The van der Waals surface area contributed by atoms with Gasteiger partial charge in [-0.05, 0) is 50.0 Å². The molecule has 1 aromatic rings. The number of hydrogen-bond acceptors (Lipinski definition) is 2. The topological polar surface area (TPSA) is 12.5 Å². The summed E-state index contributed by atoms with van der Waals surface area (Å²) < 4.78 is 5.70. The van der Waals surface area contributed by atoms with Gasteiger partial charge in [0, 0.05) is 11.6 Å². The van der Waals surface area contributed by atoms with Crippen LogP contribution in [0.2, 0.25) is 5.02 Å². The number of piperidine rings is 1. The summed E-state index contributed by atoms with van der Waals surface area (Å²) in [6.07, 6.45) is 5.04. The van der Waals surface area contributed by atoms with Gasteiger partial charge < -0.3 is 9.64 Å². The maximum Gasteiger partial charge on any atom is 0.0593 e. The van der Waals surface area contributed by atoms with Crippen molar-refractivity contribution >= 4 is 11.6 Å². The number of rotatable bonds is 6. The summed E-state index contributed by atoms with van der Waals surface area (Å²) in [7, 11) is 0. The zero-order chi connectivity index (χ0) is 12.6. The minimum atomic E-state index is 0.786. The first-order chi connectivity index (χ1) is 8.84. The molecule has 0 saturated carbocycles. The van der Waals surface area contributed by atoms with Crippen LogP contribution in [0.4, 0.5) is 0 Å². The van der Waals surface area contributed by atoms with Crippen LogP contribution in [0.1, 0.15) is 24.8 Å². The number of nitrogens with zero attached hydrogens (tertiary/aromatic N) is 1. The van der Waals surface area contributed by atoms with Crippen molar-refractivity contribution in [2.24, 2.45) is 0 Å². The molecule has 18 heavy (non-hydrogen) atoms. The minimum absolute atomic E-state index is 0.786. The summed E-state index contributed by atoms with van der Waals surface area (Å²) >= 11 is 5.94. The van der Waals surface area contributed by atoms with Gasteiger partial charge in [-0.1, -0.05) is 30.2 Å². The van der Waals surface area contributed by atoms with Crippen LogP contribution < -0.4 is 0 Å². The minimum Gasteiger partial charge on any atom is -0.380 e. The zero-order valence-corrected chi connectivity index (χ0v) is 11.7. The molecule has 0 bridgehead atoms. The standard InChI is InChI=1S/C15H22ClNO/c16-15-6-4-5-14(13-15)7-11-18-12-10-17-8-2-1-3-9-17/h4-6,13H,1-3,7-12H2. The number of ether oxygens (including phenoxy) is 1. The molecule has 1 fully saturated rings. The summed E-state index contributed by atoms with van der Waals surface area (Å²) in [6.45, 7) is 5.21. The van der Waals surface area contributed by atoms with Crippen LogP contribution in [-0.2, 0) is 11.2 Å². The van der Waals surface area contributed by atoms with Gasteiger partial charge in [-0.3, -0.25) is 0 Å². The van der Waals surface area contributed by atoms with Gasteiger partial charge in [0.2, 0.25) is 0 Å². The van der Waals surface area contributed by atoms with E-state index in [1.165, 1.54) is 37.9 Å². The predicted molar refractivity (Wildman–Crippen MR) is 76.3 cm³/mol. The second-order valence-corrected chi connectivity index (χ2v) is 5.33. The fourth-order valence-corrected chi connectivity index (χ4v) is 2.57. The van der Waals surface area contributed by atoms with Crippen LogP contribution in [0.3, 0.4) is 0 Å². The van der Waals surface area contributed by atoms with Crippen LogP contribution in [0.15, 0.2) is 24.3 Å². The third-order valence-electron chi connectivity index (χ3n) is 3.42. The molecule has 0 spiro atoms. The van der Waals surface area contributed by atoms with E-state index in [1.807, 2.05) is 18.2 Å². The Bertz CT molecular complexity index is 350. The van der Waals surface area contributed by atoms with E-state index in [9.17, 15) is 0 Å². The van der Waals surface area contributed by atoms with E-state index < -0.39 is 0 Å². The Hall–Kier alpha value is -0.570. The molecule has 1 heterocycles. The average Bonchev–Trinajstić information content (AvgIpc) is 2.40. The highest BCUT2D eigenvalue weighted by Crippen LogP contribution is 2.11. The number of hydrogen-bond donors (Lipinski definition) is 0. The van der Waals surface area contributed by atoms with Crippen molar-refractivity contribution in [3.8, 4) is 0 Å². The fraction of sp³-hybridized carbons (Fsp3) is 0.600. The molecule has 100 valence electrons. The number of likely N-dealkylation sites (tertiary alicyclic amines) is 1. The molecule has 0 N–H and O–H groups in total. The van der Waals surface area contributed by atoms with E-state index in [1.54, 1.807) is 0 Å². The third kappa shape index (κ3) is 4.97. The van der Waals surface area contributed by atoms with E-state index in [0.717, 1.165) is 31.2 Å². The largest absolute Gasteiger partial charge is 0.380 e. The molecular formula is C15H22ClNO. The molecule has 2 nitrogen and oxygen atoms in total. The Kier molecular flexibility index (Phi) is 5.98. The van der Waals surface area contributed by atoms with Crippen molar-refractivity contribution in [1.82, 2.24) is 4.90 Å². The van der Waals surface area contributed by atoms with Gasteiger partial charge in [0.05, 0.1) is 13.2 Å². The second-order valence-electron chi connectivity index (χ2n) is 4.89. The normalized spacial score (nSPS) is 16.9. The predicted octanol–water partition coefficient (Wildman–Crippen LogP) is 3.39. The fourth-order valence-electron chi connectivity index (χ4n) is 2.36. The highest BCUT2D eigenvalue weighted by molar-refractivity contribution is 6.30. The molecule has 0 amide bonds. The number of halogens is 1. The van der Waals surface area contributed by atoms with Crippen LogP contribution in [0.25, 0.3) is 0 Å². The van der Waals surface area contributed by atoms with E-state index in [2.05, 4.69) is 11.0 Å². The maximum absolute atomic E-state index is 5.94. The highest BCUT2D eigenvalue weighted by atomic mass is 35.5. The molecule has 0 radical (unpaired) electrons. The molecule has 0 aliphatic carbocycles. The van der Waals surface area contributed by atoms with Crippen molar-refractivity contribution in [2.75, 3.05) is 32.8 Å². The first kappa shape index (κ1) is 13.9. The van der Waals surface area contributed by atoms with Crippen molar-refractivity contribution < 1.29 is 4.74 Å². The molecule has 1 saturated heterocycles. The summed E-state index contributed by atoms with van der Waals surface area (Å²) in [5.41, 5.74) is 1.25. The summed E-state index contributed by atoms with van der Waals surface area (Å²) in [5.74, 6) is 0. The Labute approximate surface area is 115 Å². The SMILES string of the molecule is Clc1cccc(CCOCCN2CCCCC2)c1. The maximum atomic E-state index is 5.94. The van der Waals surface area contributed by atoms with Crippen molar-refractivity contribution in [1.29, 1.82) is 0 Å². The molecule has 3 heteroatoms.